The first-order valence-corrected chi connectivity index (χ1v) is 10.8. The van der Waals surface area contributed by atoms with Crippen molar-refractivity contribution in [3.63, 3.8) is 0 Å². The fraction of sp³-hybridized carbons (Fsp3) is 0.185. The van der Waals surface area contributed by atoms with Crippen LogP contribution in [0.15, 0.2) is 71.8 Å². The van der Waals surface area contributed by atoms with E-state index in [1.165, 1.54) is 0 Å². The van der Waals surface area contributed by atoms with Gasteiger partial charge in [-0.3, -0.25) is 4.79 Å². The number of aromatic nitrogens is 1. The maximum absolute atomic E-state index is 12.8. The number of carbonyl (C=O) groups is 1. The lowest BCUT2D eigenvalue weighted by atomic mass is 10.1. The molecule has 0 aliphatic rings. The van der Waals surface area contributed by atoms with Crippen LogP contribution in [0.2, 0.25) is 0 Å². The monoisotopic (exact) mass is 441 g/mol. The van der Waals surface area contributed by atoms with Gasteiger partial charge in [0.2, 0.25) is 0 Å². The van der Waals surface area contributed by atoms with Gasteiger partial charge in [0, 0.05) is 22.6 Å². The summed E-state index contributed by atoms with van der Waals surface area (Å²) in [5.74, 6) is 1.03. The van der Waals surface area contributed by atoms with Gasteiger partial charge in [0.25, 0.3) is 5.91 Å². The van der Waals surface area contributed by atoms with Gasteiger partial charge in [0.1, 0.15) is 11.5 Å². The quantitative estimate of drug-likeness (QED) is 0.308. The highest BCUT2D eigenvalue weighted by Gasteiger charge is 2.14. The van der Waals surface area contributed by atoms with E-state index in [2.05, 4.69) is 15.1 Å². The van der Waals surface area contributed by atoms with Crippen molar-refractivity contribution in [3.8, 4) is 17.2 Å². The molecule has 33 heavy (non-hydrogen) atoms. The molecule has 0 bridgehead atoms. The van der Waals surface area contributed by atoms with E-state index in [1.54, 1.807) is 13.3 Å². The average Bonchev–Trinajstić information content (AvgIpc) is 3.11. The van der Waals surface area contributed by atoms with Crippen molar-refractivity contribution < 1.29 is 14.3 Å². The number of methoxy groups -OCH3 is 1. The largest absolute Gasteiger partial charge is 0.496 e. The first-order chi connectivity index (χ1) is 16.0. The SMILES string of the molecule is CCOc1ccc(-n2c(C)cc(/C=N\NC(=O)c3cc4ccccc4cc3OC)c2C)cc1. The number of hydrogen-bond acceptors (Lipinski definition) is 4. The second kappa shape index (κ2) is 9.61. The van der Waals surface area contributed by atoms with E-state index in [0.29, 0.717) is 17.9 Å². The van der Waals surface area contributed by atoms with Crippen LogP contribution < -0.4 is 14.9 Å². The van der Waals surface area contributed by atoms with Crippen LogP contribution in [-0.2, 0) is 0 Å². The van der Waals surface area contributed by atoms with Gasteiger partial charge in [-0.1, -0.05) is 24.3 Å². The molecule has 1 heterocycles. The molecule has 0 unspecified atom stereocenters. The third kappa shape index (κ3) is 4.60. The molecule has 0 spiro atoms. The van der Waals surface area contributed by atoms with Gasteiger partial charge < -0.3 is 14.0 Å². The molecule has 3 aromatic carbocycles. The van der Waals surface area contributed by atoms with Crippen LogP contribution in [0.4, 0.5) is 0 Å². The molecule has 0 aliphatic heterocycles. The third-order valence-corrected chi connectivity index (χ3v) is 5.56. The Morgan fingerprint density at radius 1 is 1.03 bits per heavy atom. The maximum atomic E-state index is 12.8. The number of hydrogen-bond donors (Lipinski definition) is 1. The lowest BCUT2D eigenvalue weighted by Gasteiger charge is -2.11. The molecule has 1 aromatic heterocycles. The first-order valence-electron chi connectivity index (χ1n) is 10.8. The summed E-state index contributed by atoms with van der Waals surface area (Å²) in [6, 6.07) is 21.5. The van der Waals surface area contributed by atoms with E-state index in [9.17, 15) is 4.79 Å². The minimum Gasteiger partial charge on any atom is -0.496 e. The fourth-order valence-corrected chi connectivity index (χ4v) is 3.96. The van der Waals surface area contributed by atoms with E-state index in [0.717, 1.165) is 39.2 Å². The molecule has 0 saturated carbocycles. The molecule has 1 N–H and O–H groups in total. The summed E-state index contributed by atoms with van der Waals surface area (Å²) in [6.45, 7) is 6.67. The van der Waals surface area contributed by atoms with Crippen LogP contribution in [0.3, 0.4) is 0 Å². The van der Waals surface area contributed by atoms with E-state index >= 15 is 0 Å². The predicted molar refractivity (Wildman–Crippen MR) is 132 cm³/mol. The Bertz CT molecular complexity index is 1320. The molecule has 6 nitrogen and oxygen atoms in total. The highest BCUT2D eigenvalue weighted by Crippen LogP contribution is 2.26. The number of aryl methyl sites for hydroxylation is 1. The molecular formula is C27H27N3O3. The minimum atomic E-state index is -0.325. The van der Waals surface area contributed by atoms with Crippen molar-refractivity contribution in [3.05, 3.63) is 89.2 Å². The second-order valence-corrected chi connectivity index (χ2v) is 7.69. The summed E-state index contributed by atoms with van der Waals surface area (Å²) in [6.07, 6.45) is 1.67. The summed E-state index contributed by atoms with van der Waals surface area (Å²) < 4.78 is 13.1. The number of fused-ring (bicyclic) bond motifs is 1. The zero-order valence-electron chi connectivity index (χ0n) is 19.3. The summed E-state index contributed by atoms with van der Waals surface area (Å²) in [5.41, 5.74) is 7.13. The van der Waals surface area contributed by atoms with Crippen molar-refractivity contribution >= 4 is 22.9 Å². The number of benzene rings is 3. The number of hydrazone groups is 1. The summed E-state index contributed by atoms with van der Waals surface area (Å²) in [5, 5.41) is 6.18. The van der Waals surface area contributed by atoms with Crippen molar-refractivity contribution in [2.45, 2.75) is 20.8 Å². The molecule has 1 amide bonds. The Balaban J connectivity index is 1.54. The van der Waals surface area contributed by atoms with Crippen LogP contribution in [0.1, 0.15) is 34.2 Å². The van der Waals surface area contributed by atoms with E-state index in [-0.39, 0.29) is 5.91 Å². The Morgan fingerprint density at radius 3 is 2.39 bits per heavy atom. The number of ether oxygens (including phenoxy) is 2. The van der Waals surface area contributed by atoms with Gasteiger partial charge in [-0.2, -0.15) is 5.10 Å². The zero-order chi connectivity index (χ0) is 23.4. The number of amides is 1. The van der Waals surface area contributed by atoms with E-state index < -0.39 is 0 Å². The molecule has 0 saturated heterocycles. The van der Waals surface area contributed by atoms with Crippen LogP contribution in [0, 0.1) is 13.8 Å². The molecule has 4 rings (SSSR count). The highest BCUT2D eigenvalue weighted by atomic mass is 16.5. The molecule has 6 heteroatoms. The molecule has 0 fully saturated rings. The number of carbonyl (C=O) groups excluding carboxylic acids is 1. The standard InChI is InChI=1S/C27H27N3O3/c1-5-33-24-12-10-23(11-13-24)30-18(2)14-22(19(30)3)17-28-29-27(31)25-15-20-8-6-7-9-21(20)16-26(25)32-4/h6-17H,5H2,1-4H3,(H,29,31)/b28-17-. The van der Waals surface area contributed by atoms with Gasteiger partial charge in [-0.05, 0) is 74.0 Å². The lowest BCUT2D eigenvalue weighted by Crippen LogP contribution is -2.18. The Hall–Kier alpha value is -4.06. The Kier molecular flexibility index (Phi) is 6.45. The Morgan fingerprint density at radius 2 is 1.73 bits per heavy atom. The van der Waals surface area contributed by atoms with Crippen molar-refractivity contribution in [1.82, 2.24) is 9.99 Å². The van der Waals surface area contributed by atoms with Crippen LogP contribution in [-0.4, -0.2) is 30.4 Å². The van der Waals surface area contributed by atoms with E-state index in [4.69, 9.17) is 9.47 Å². The minimum absolute atomic E-state index is 0.325. The molecular weight excluding hydrogens is 414 g/mol. The normalized spacial score (nSPS) is 11.2. The van der Waals surface area contributed by atoms with Crippen molar-refractivity contribution in [2.24, 2.45) is 5.10 Å². The second-order valence-electron chi connectivity index (χ2n) is 7.69. The molecule has 168 valence electrons. The predicted octanol–water partition coefficient (Wildman–Crippen LogP) is 5.42. The first kappa shape index (κ1) is 22.1. The van der Waals surface area contributed by atoms with Gasteiger partial charge in [-0.15, -0.1) is 0 Å². The van der Waals surface area contributed by atoms with Crippen molar-refractivity contribution in [2.75, 3.05) is 13.7 Å². The fourth-order valence-electron chi connectivity index (χ4n) is 3.96. The zero-order valence-corrected chi connectivity index (χ0v) is 19.3. The third-order valence-electron chi connectivity index (χ3n) is 5.56. The van der Waals surface area contributed by atoms with Gasteiger partial charge >= 0.3 is 0 Å². The number of nitrogens with zero attached hydrogens (tertiary/aromatic N) is 2. The molecule has 0 atom stereocenters. The summed E-state index contributed by atoms with van der Waals surface area (Å²) >= 11 is 0. The number of rotatable bonds is 7. The summed E-state index contributed by atoms with van der Waals surface area (Å²) in [4.78, 5) is 12.8. The van der Waals surface area contributed by atoms with E-state index in [1.807, 2.05) is 87.5 Å². The van der Waals surface area contributed by atoms with Gasteiger partial charge in [-0.25, -0.2) is 5.43 Å². The molecule has 0 aliphatic carbocycles. The van der Waals surface area contributed by atoms with Crippen LogP contribution >= 0.6 is 0 Å². The molecule has 4 aromatic rings. The lowest BCUT2D eigenvalue weighted by molar-refractivity contribution is 0.0952. The van der Waals surface area contributed by atoms with Gasteiger partial charge in [0.15, 0.2) is 0 Å². The Labute approximate surface area is 193 Å². The average molecular weight is 442 g/mol. The number of nitrogens with one attached hydrogen (secondary N) is 1. The smallest absolute Gasteiger partial charge is 0.275 e. The highest BCUT2D eigenvalue weighted by molar-refractivity contribution is 6.02. The van der Waals surface area contributed by atoms with Crippen molar-refractivity contribution in [1.29, 1.82) is 0 Å². The maximum Gasteiger partial charge on any atom is 0.275 e. The topological polar surface area (TPSA) is 64.8 Å². The van der Waals surface area contributed by atoms with Crippen LogP contribution in [0.25, 0.3) is 16.5 Å². The summed E-state index contributed by atoms with van der Waals surface area (Å²) in [7, 11) is 1.56. The van der Waals surface area contributed by atoms with Crippen LogP contribution in [0.5, 0.6) is 11.5 Å². The van der Waals surface area contributed by atoms with Gasteiger partial charge in [0.05, 0.1) is 25.5 Å². The molecule has 0 radical (unpaired) electrons.